The molecule has 4 aliphatic carbocycles. The van der Waals surface area contributed by atoms with Crippen molar-refractivity contribution >= 4 is 12.3 Å². The first kappa shape index (κ1) is 16.3. The molecule has 0 radical (unpaired) electrons. The molecule has 4 heteroatoms. The molecule has 24 heavy (non-hydrogen) atoms. The highest BCUT2D eigenvalue weighted by Crippen LogP contribution is 2.80. The van der Waals surface area contributed by atoms with Crippen LogP contribution in [-0.4, -0.2) is 29.1 Å². The predicted octanol–water partition coefficient (Wildman–Crippen LogP) is 2.90. The zero-order valence-electron chi connectivity index (χ0n) is 14.8. The summed E-state index contributed by atoms with van der Waals surface area (Å²) < 4.78 is 0. The number of rotatable bonds is 4. The molecule has 7 atom stereocenters. The van der Waals surface area contributed by atoms with E-state index in [0.717, 1.165) is 31.1 Å². The Bertz CT molecular complexity index is 638. The molecule has 3 fully saturated rings. The van der Waals surface area contributed by atoms with Crippen LogP contribution in [0.3, 0.4) is 0 Å². The minimum atomic E-state index is -1.06. The molecule has 0 amide bonds. The van der Waals surface area contributed by atoms with Gasteiger partial charge in [0.25, 0.3) is 0 Å². The van der Waals surface area contributed by atoms with Crippen LogP contribution >= 0.6 is 0 Å². The first-order chi connectivity index (χ1) is 11.3. The maximum atomic E-state index is 12.6. The highest BCUT2D eigenvalue weighted by Gasteiger charge is 2.81. The number of aliphatic carboxylic acids is 1. The maximum absolute atomic E-state index is 12.6. The normalized spacial score (nSPS) is 51.6. The summed E-state index contributed by atoms with van der Waals surface area (Å²) in [6, 6.07) is 0. The average molecular weight is 332 g/mol. The van der Waals surface area contributed by atoms with Gasteiger partial charge in [0.2, 0.25) is 0 Å². The third-order valence-electron chi connectivity index (χ3n) is 8.39. The molecular weight excluding hydrogens is 304 g/mol. The highest BCUT2D eigenvalue weighted by molar-refractivity contribution is 5.86. The molecule has 0 spiro atoms. The van der Waals surface area contributed by atoms with Crippen molar-refractivity contribution in [3.63, 3.8) is 0 Å². The van der Waals surface area contributed by atoms with Crippen molar-refractivity contribution in [2.24, 2.45) is 45.8 Å². The van der Waals surface area contributed by atoms with Crippen molar-refractivity contribution in [3.05, 3.63) is 11.6 Å². The largest absolute Gasteiger partial charge is 0.481 e. The molecule has 0 aromatic carbocycles. The molecule has 0 aromatic heterocycles. The fourth-order valence-electron chi connectivity index (χ4n) is 7.51. The van der Waals surface area contributed by atoms with Gasteiger partial charge in [0.15, 0.2) is 0 Å². The van der Waals surface area contributed by atoms with E-state index >= 15 is 0 Å². The van der Waals surface area contributed by atoms with Gasteiger partial charge in [-0.1, -0.05) is 38.8 Å². The van der Waals surface area contributed by atoms with Crippen LogP contribution in [0.1, 0.15) is 46.5 Å². The molecule has 0 saturated heterocycles. The highest BCUT2D eigenvalue weighted by atomic mass is 16.4. The molecule has 4 rings (SSSR count). The summed E-state index contributed by atoms with van der Waals surface area (Å²) in [5, 5.41) is 20.8. The molecule has 2 N–H and O–H groups in total. The summed E-state index contributed by atoms with van der Waals surface area (Å²) in [4.78, 5) is 25.0. The quantitative estimate of drug-likeness (QED) is 0.613. The van der Waals surface area contributed by atoms with Gasteiger partial charge in [-0.2, -0.15) is 0 Å². The van der Waals surface area contributed by atoms with E-state index in [1.807, 2.05) is 13.8 Å². The Morgan fingerprint density at radius 3 is 2.67 bits per heavy atom. The van der Waals surface area contributed by atoms with Crippen LogP contribution < -0.4 is 0 Å². The average Bonchev–Trinajstić information content (AvgIpc) is 3.12. The second-order valence-electron chi connectivity index (χ2n) is 9.22. The van der Waals surface area contributed by atoms with Gasteiger partial charge < -0.3 is 15.0 Å². The van der Waals surface area contributed by atoms with E-state index in [1.165, 1.54) is 0 Å². The summed E-state index contributed by atoms with van der Waals surface area (Å²) in [7, 11) is 0. The Morgan fingerprint density at radius 2 is 2.12 bits per heavy atom. The summed E-state index contributed by atoms with van der Waals surface area (Å²) in [6.45, 7) is 6.15. The van der Waals surface area contributed by atoms with Crippen LogP contribution in [0.5, 0.6) is 0 Å². The van der Waals surface area contributed by atoms with Crippen molar-refractivity contribution in [2.45, 2.75) is 46.5 Å². The number of carboxylic acid groups (broad SMARTS) is 1. The number of carboxylic acids is 1. The van der Waals surface area contributed by atoms with Crippen LogP contribution in [0.25, 0.3) is 0 Å². The Balaban J connectivity index is 1.98. The second kappa shape index (κ2) is 4.72. The van der Waals surface area contributed by atoms with Crippen LogP contribution in [-0.2, 0) is 9.59 Å². The number of aliphatic hydroxyl groups excluding tert-OH is 1. The number of allylic oxidation sites excluding steroid dienone is 1. The van der Waals surface area contributed by atoms with Gasteiger partial charge >= 0.3 is 5.97 Å². The monoisotopic (exact) mass is 332 g/mol. The first-order valence-corrected chi connectivity index (χ1v) is 9.33. The third kappa shape index (κ3) is 1.43. The molecule has 0 heterocycles. The minimum absolute atomic E-state index is 0.118. The van der Waals surface area contributed by atoms with Crippen molar-refractivity contribution in [1.29, 1.82) is 0 Å². The molecule has 4 nitrogen and oxygen atoms in total. The smallest absolute Gasteiger partial charge is 0.314 e. The van der Waals surface area contributed by atoms with Gasteiger partial charge in [-0.15, -0.1) is 0 Å². The number of aldehydes is 1. The number of fused-ring (bicyclic) bond motifs is 2. The minimum Gasteiger partial charge on any atom is -0.481 e. The lowest BCUT2D eigenvalue weighted by Gasteiger charge is -2.50. The van der Waals surface area contributed by atoms with Crippen LogP contribution in [0, 0.1) is 45.8 Å². The van der Waals surface area contributed by atoms with E-state index in [0.29, 0.717) is 18.3 Å². The van der Waals surface area contributed by atoms with Crippen molar-refractivity contribution in [1.82, 2.24) is 0 Å². The molecule has 3 saturated carbocycles. The molecule has 4 bridgehead atoms. The lowest BCUT2D eigenvalue weighted by atomic mass is 9.53. The number of carbonyl (C=O) groups is 2. The van der Waals surface area contributed by atoms with Gasteiger partial charge in [0.05, 0.1) is 12.0 Å². The van der Waals surface area contributed by atoms with E-state index in [4.69, 9.17) is 0 Å². The second-order valence-corrected chi connectivity index (χ2v) is 9.22. The maximum Gasteiger partial charge on any atom is 0.314 e. The molecule has 7 unspecified atom stereocenters. The van der Waals surface area contributed by atoms with E-state index < -0.39 is 22.2 Å². The van der Waals surface area contributed by atoms with Gasteiger partial charge in [0, 0.05) is 10.8 Å². The zero-order valence-corrected chi connectivity index (χ0v) is 14.8. The lowest BCUT2D eigenvalue weighted by Crippen LogP contribution is -2.52. The Morgan fingerprint density at radius 1 is 1.42 bits per heavy atom. The van der Waals surface area contributed by atoms with Crippen LogP contribution in [0.2, 0.25) is 0 Å². The number of carbonyl (C=O) groups excluding carboxylic acids is 1. The Labute approximate surface area is 143 Å². The Kier molecular flexibility index (Phi) is 3.21. The van der Waals surface area contributed by atoms with E-state index in [2.05, 4.69) is 13.0 Å². The third-order valence-corrected chi connectivity index (χ3v) is 8.39. The molecule has 0 aliphatic heterocycles. The molecule has 132 valence electrons. The topological polar surface area (TPSA) is 74.6 Å². The fourth-order valence-corrected chi connectivity index (χ4v) is 7.51. The molecule has 4 aliphatic rings. The summed E-state index contributed by atoms with van der Waals surface area (Å²) in [5.41, 5.74) is -1.41. The number of aliphatic hydroxyl groups is 1. The number of hydrogen-bond donors (Lipinski definition) is 2. The molecule has 0 aromatic rings. The number of hydrogen-bond acceptors (Lipinski definition) is 3. The SMILES string of the molecule is CC(C)C1=CC2C3(C=O)CC1(C(=O)O)C2(CO)CC1C(C)CCC13. The van der Waals surface area contributed by atoms with E-state index in [9.17, 15) is 19.8 Å². The van der Waals surface area contributed by atoms with Gasteiger partial charge in [0.1, 0.15) is 6.29 Å². The van der Waals surface area contributed by atoms with E-state index in [1.54, 1.807) is 0 Å². The lowest BCUT2D eigenvalue weighted by molar-refractivity contribution is -0.157. The zero-order chi connectivity index (χ0) is 17.5. The van der Waals surface area contributed by atoms with E-state index in [-0.39, 0.29) is 24.4 Å². The summed E-state index contributed by atoms with van der Waals surface area (Å²) in [6.07, 6.45) is 6.43. The fraction of sp³-hybridized carbons (Fsp3) is 0.800. The summed E-state index contributed by atoms with van der Waals surface area (Å²) in [5.74, 6) is 0.312. The van der Waals surface area contributed by atoms with Crippen molar-refractivity contribution in [3.8, 4) is 0 Å². The first-order valence-electron chi connectivity index (χ1n) is 9.33. The van der Waals surface area contributed by atoms with Crippen molar-refractivity contribution in [2.75, 3.05) is 6.61 Å². The van der Waals surface area contributed by atoms with Crippen LogP contribution in [0.4, 0.5) is 0 Å². The van der Waals surface area contributed by atoms with Crippen LogP contribution in [0.15, 0.2) is 11.6 Å². The van der Waals surface area contributed by atoms with Crippen molar-refractivity contribution < 1.29 is 19.8 Å². The summed E-state index contributed by atoms with van der Waals surface area (Å²) >= 11 is 0. The standard InChI is InChI=1S/C20H28O4/c1-11(2)15-6-16-18(9-21)8-20(15,17(23)24)19(16,10-22)7-13-12(3)4-5-14(13)18/h6,9,11-14,16,22H,4-5,7-8,10H2,1-3H3,(H,23,24). The van der Waals surface area contributed by atoms with Gasteiger partial charge in [-0.25, -0.2) is 0 Å². The van der Waals surface area contributed by atoms with Gasteiger partial charge in [-0.3, -0.25) is 4.79 Å². The molecular formula is C20H28O4. The van der Waals surface area contributed by atoms with Gasteiger partial charge in [-0.05, 0) is 48.9 Å². The predicted molar refractivity (Wildman–Crippen MR) is 89.1 cm³/mol. The Hall–Kier alpha value is -1.16.